The van der Waals surface area contributed by atoms with Gasteiger partial charge in [0.05, 0.1) is 17.6 Å². The molecular weight excluding hydrogens is 398 g/mol. The van der Waals surface area contributed by atoms with Crippen LogP contribution in [-0.4, -0.2) is 32.9 Å². The van der Waals surface area contributed by atoms with Gasteiger partial charge in [0.2, 0.25) is 0 Å². The van der Waals surface area contributed by atoms with Crippen molar-refractivity contribution in [1.82, 2.24) is 19.7 Å². The lowest BCUT2D eigenvalue weighted by molar-refractivity contribution is 0.0951. The molecule has 0 atom stereocenters. The Balaban J connectivity index is 1.54. The number of rotatable bonds is 7. The highest BCUT2D eigenvalue weighted by Crippen LogP contribution is 2.28. The lowest BCUT2D eigenvalue weighted by Gasteiger charge is -2.13. The number of hydrogen-bond acceptors (Lipinski definition) is 4. The minimum absolute atomic E-state index is 0.00655. The van der Waals surface area contributed by atoms with Gasteiger partial charge in [-0.15, -0.1) is 0 Å². The van der Waals surface area contributed by atoms with Crippen LogP contribution in [0.25, 0.3) is 28.2 Å². The normalized spacial score (nSPS) is 13.5. The van der Waals surface area contributed by atoms with Crippen molar-refractivity contribution in [3.8, 4) is 22.5 Å². The van der Waals surface area contributed by atoms with Crippen LogP contribution in [0.3, 0.4) is 0 Å². The third-order valence-electron chi connectivity index (χ3n) is 5.60. The van der Waals surface area contributed by atoms with Crippen LogP contribution in [0.4, 0.5) is 5.82 Å². The van der Waals surface area contributed by atoms with Crippen LogP contribution in [0.1, 0.15) is 37.0 Å². The number of carbonyl (C=O) groups is 1. The van der Waals surface area contributed by atoms with Crippen molar-refractivity contribution in [3.05, 3.63) is 72.6 Å². The van der Waals surface area contributed by atoms with E-state index in [2.05, 4.69) is 46.0 Å². The summed E-state index contributed by atoms with van der Waals surface area (Å²) in [4.78, 5) is 21.9. The molecule has 1 amide bonds. The number of aromatic nitrogens is 3. The molecule has 0 unspecified atom stereocenters. The number of nitrogens with one attached hydrogen (secondary N) is 2. The maximum absolute atomic E-state index is 12.3. The van der Waals surface area contributed by atoms with Crippen molar-refractivity contribution < 1.29 is 4.79 Å². The molecule has 32 heavy (non-hydrogen) atoms. The van der Waals surface area contributed by atoms with Gasteiger partial charge in [0.15, 0.2) is 11.5 Å². The average Bonchev–Trinajstić information content (AvgIpc) is 3.53. The molecule has 6 nitrogen and oxygen atoms in total. The zero-order chi connectivity index (χ0) is 22.1. The summed E-state index contributed by atoms with van der Waals surface area (Å²) in [6.45, 7) is 5.15. The second-order valence-corrected chi connectivity index (χ2v) is 8.78. The third kappa shape index (κ3) is 4.21. The number of imidazole rings is 1. The van der Waals surface area contributed by atoms with E-state index < -0.39 is 0 Å². The summed E-state index contributed by atoms with van der Waals surface area (Å²) in [5.74, 6) is 1.25. The topological polar surface area (TPSA) is 71.3 Å². The molecule has 2 aromatic carbocycles. The highest BCUT2D eigenvalue weighted by Gasteiger charge is 2.23. The van der Waals surface area contributed by atoms with E-state index in [1.54, 1.807) is 0 Å². The minimum Gasteiger partial charge on any atom is -0.367 e. The fourth-order valence-corrected chi connectivity index (χ4v) is 3.66. The van der Waals surface area contributed by atoms with Gasteiger partial charge >= 0.3 is 0 Å². The van der Waals surface area contributed by atoms with Crippen LogP contribution in [0.5, 0.6) is 0 Å². The highest BCUT2D eigenvalue weighted by molar-refractivity contribution is 5.95. The highest BCUT2D eigenvalue weighted by atomic mass is 16.1. The number of fused-ring (bicyclic) bond motifs is 1. The van der Waals surface area contributed by atoms with Crippen molar-refractivity contribution in [3.63, 3.8) is 0 Å². The molecule has 1 fully saturated rings. The second-order valence-electron chi connectivity index (χ2n) is 8.78. The predicted molar refractivity (Wildman–Crippen MR) is 128 cm³/mol. The summed E-state index contributed by atoms with van der Waals surface area (Å²) >= 11 is 0. The number of hydrogen-bond donors (Lipinski definition) is 2. The minimum atomic E-state index is -0.00655. The van der Waals surface area contributed by atoms with E-state index in [1.807, 2.05) is 54.9 Å². The summed E-state index contributed by atoms with van der Waals surface area (Å²) in [6, 6.07) is 18.2. The maximum atomic E-state index is 12.3. The molecule has 0 saturated heterocycles. The molecule has 1 aliphatic carbocycles. The molecule has 6 heteroatoms. The average molecular weight is 426 g/mol. The number of anilines is 1. The summed E-state index contributed by atoms with van der Waals surface area (Å²) in [7, 11) is 0. The monoisotopic (exact) mass is 425 g/mol. The summed E-state index contributed by atoms with van der Waals surface area (Å²) < 4.78 is 2.08. The number of carbonyl (C=O) groups excluding carboxylic acids is 1. The molecule has 5 rings (SSSR count). The molecule has 2 heterocycles. The summed E-state index contributed by atoms with van der Waals surface area (Å²) in [5.41, 5.74) is 5.36. The standard InChI is InChI=1S/C26H27N5O/c1-17(2)14-27-24-25-28-15-23(31(25)16-22(30-24)18-6-4-3-5-7-18)19-8-10-20(11-9-19)26(32)29-21-12-13-21/h3-11,15-17,21H,12-14H2,1-2H3,(H,27,30)(H,29,32). The van der Waals surface area contributed by atoms with E-state index in [0.717, 1.165) is 53.4 Å². The first-order chi connectivity index (χ1) is 15.6. The first-order valence-electron chi connectivity index (χ1n) is 11.2. The molecule has 0 radical (unpaired) electrons. The van der Waals surface area contributed by atoms with Gasteiger partial charge in [0.25, 0.3) is 5.91 Å². The first-order valence-corrected chi connectivity index (χ1v) is 11.2. The molecular formula is C26H27N5O. The lowest BCUT2D eigenvalue weighted by atomic mass is 10.1. The van der Waals surface area contributed by atoms with Gasteiger partial charge in [-0.25, -0.2) is 9.97 Å². The fraction of sp³-hybridized carbons (Fsp3) is 0.269. The van der Waals surface area contributed by atoms with Gasteiger partial charge in [-0.1, -0.05) is 56.3 Å². The van der Waals surface area contributed by atoms with Crippen LogP contribution in [0.2, 0.25) is 0 Å². The molecule has 2 N–H and O–H groups in total. The molecule has 2 aromatic heterocycles. The first kappa shape index (κ1) is 20.2. The van der Waals surface area contributed by atoms with Gasteiger partial charge in [-0.05, 0) is 30.9 Å². The largest absolute Gasteiger partial charge is 0.367 e. The Kier molecular flexibility index (Phi) is 5.35. The van der Waals surface area contributed by atoms with Crippen molar-refractivity contribution in [2.45, 2.75) is 32.7 Å². The van der Waals surface area contributed by atoms with Gasteiger partial charge in [-0.2, -0.15) is 0 Å². The Hall–Kier alpha value is -3.67. The quantitative estimate of drug-likeness (QED) is 0.436. The maximum Gasteiger partial charge on any atom is 0.251 e. The predicted octanol–water partition coefficient (Wildman–Crippen LogP) is 5.02. The van der Waals surface area contributed by atoms with E-state index >= 15 is 0 Å². The zero-order valence-electron chi connectivity index (χ0n) is 18.4. The number of amides is 1. The van der Waals surface area contributed by atoms with E-state index in [1.165, 1.54) is 0 Å². The van der Waals surface area contributed by atoms with Crippen molar-refractivity contribution in [1.29, 1.82) is 0 Å². The van der Waals surface area contributed by atoms with Gasteiger partial charge in [0.1, 0.15) is 0 Å². The van der Waals surface area contributed by atoms with Gasteiger partial charge in [0, 0.05) is 35.5 Å². The summed E-state index contributed by atoms with van der Waals surface area (Å²) in [6.07, 6.45) is 6.06. The van der Waals surface area contributed by atoms with E-state index in [9.17, 15) is 4.79 Å². The molecule has 1 aliphatic rings. The molecule has 4 aromatic rings. The Bertz CT molecular complexity index is 1240. The van der Waals surface area contributed by atoms with Crippen LogP contribution < -0.4 is 10.6 Å². The van der Waals surface area contributed by atoms with Crippen LogP contribution in [0.15, 0.2) is 67.0 Å². The Morgan fingerprint density at radius 1 is 1.06 bits per heavy atom. The van der Waals surface area contributed by atoms with E-state index in [4.69, 9.17) is 4.98 Å². The Morgan fingerprint density at radius 3 is 2.50 bits per heavy atom. The SMILES string of the molecule is CC(C)CNc1nc(-c2ccccc2)cn2c(-c3ccc(C(=O)NC4CC4)cc3)cnc12. The lowest BCUT2D eigenvalue weighted by Crippen LogP contribution is -2.25. The van der Waals surface area contributed by atoms with E-state index in [0.29, 0.717) is 17.5 Å². The second kappa shape index (κ2) is 8.46. The van der Waals surface area contributed by atoms with Gasteiger partial charge < -0.3 is 10.6 Å². The van der Waals surface area contributed by atoms with E-state index in [-0.39, 0.29) is 5.91 Å². The smallest absolute Gasteiger partial charge is 0.251 e. The van der Waals surface area contributed by atoms with Crippen LogP contribution >= 0.6 is 0 Å². The number of nitrogens with zero attached hydrogens (tertiary/aromatic N) is 3. The Labute approximate surface area is 187 Å². The zero-order valence-corrected chi connectivity index (χ0v) is 18.4. The fourth-order valence-electron chi connectivity index (χ4n) is 3.66. The van der Waals surface area contributed by atoms with Crippen LogP contribution in [0, 0.1) is 5.92 Å². The molecule has 0 bridgehead atoms. The Morgan fingerprint density at radius 2 is 1.81 bits per heavy atom. The van der Waals surface area contributed by atoms with Crippen molar-refractivity contribution in [2.24, 2.45) is 5.92 Å². The number of benzene rings is 2. The van der Waals surface area contributed by atoms with Crippen LogP contribution in [-0.2, 0) is 0 Å². The van der Waals surface area contributed by atoms with Gasteiger partial charge in [-0.3, -0.25) is 9.20 Å². The molecule has 0 aliphatic heterocycles. The molecule has 1 saturated carbocycles. The van der Waals surface area contributed by atoms with Crippen molar-refractivity contribution in [2.75, 3.05) is 11.9 Å². The third-order valence-corrected chi connectivity index (χ3v) is 5.60. The molecule has 0 spiro atoms. The summed E-state index contributed by atoms with van der Waals surface area (Å²) in [5, 5.41) is 6.50. The molecule has 162 valence electrons. The van der Waals surface area contributed by atoms with Crippen molar-refractivity contribution >= 4 is 17.4 Å².